The van der Waals surface area contributed by atoms with Crippen LogP contribution in [0.25, 0.3) is 0 Å². The van der Waals surface area contributed by atoms with Crippen LogP contribution in [0.5, 0.6) is 5.88 Å². The second kappa shape index (κ2) is 8.81. The standard InChI is InChI=1S/C17H14BrClN6O3/c1-9-6-21-10(7-20-9)8-22-17(27)28-16-13(18)14(24-25-16)23-15(26)11-4-2-3-5-12(11)19/h2-7H,8H2,1H3,(H,22,27)(H2,23,24,25,26). The number of nitrogens with zero attached hydrogens (tertiary/aromatic N) is 3. The van der Waals surface area contributed by atoms with Gasteiger partial charge in [-0.05, 0) is 35.0 Å². The zero-order valence-electron chi connectivity index (χ0n) is 14.5. The van der Waals surface area contributed by atoms with Crippen LogP contribution in [0.15, 0.2) is 41.1 Å². The molecule has 3 N–H and O–H groups in total. The predicted molar refractivity (Wildman–Crippen MR) is 105 cm³/mol. The Balaban J connectivity index is 1.59. The molecule has 2 amide bonds. The predicted octanol–water partition coefficient (Wildman–Crippen LogP) is 3.46. The number of ether oxygens (including phenoxy) is 1. The van der Waals surface area contributed by atoms with Gasteiger partial charge in [0, 0.05) is 6.20 Å². The number of H-pyrrole nitrogens is 1. The number of aromatic nitrogens is 4. The lowest BCUT2D eigenvalue weighted by Gasteiger charge is -2.06. The molecule has 2 aromatic heterocycles. The molecule has 144 valence electrons. The van der Waals surface area contributed by atoms with Gasteiger partial charge >= 0.3 is 6.09 Å². The summed E-state index contributed by atoms with van der Waals surface area (Å²) >= 11 is 9.24. The number of aryl methyl sites for hydroxylation is 1. The van der Waals surface area contributed by atoms with Crippen LogP contribution in [0.1, 0.15) is 21.7 Å². The number of aromatic amines is 1. The monoisotopic (exact) mass is 464 g/mol. The fourth-order valence-corrected chi connectivity index (χ4v) is 2.66. The summed E-state index contributed by atoms with van der Waals surface area (Å²) in [5.41, 5.74) is 1.65. The van der Waals surface area contributed by atoms with Crippen LogP contribution >= 0.6 is 27.5 Å². The zero-order chi connectivity index (χ0) is 20.1. The number of anilines is 1. The molecular formula is C17H14BrClN6O3. The maximum Gasteiger partial charge on any atom is 0.414 e. The minimum Gasteiger partial charge on any atom is -0.388 e. The molecule has 3 rings (SSSR count). The Labute approximate surface area is 173 Å². The number of benzene rings is 1. The average molecular weight is 466 g/mol. The summed E-state index contributed by atoms with van der Waals surface area (Å²) in [5.74, 6) is -0.261. The third kappa shape index (κ3) is 4.84. The van der Waals surface area contributed by atoms with Crippen LogP contribution in [0.3, 0.4) is 0 Å². The van der Waals surface area contributed by atoms with Crippen molar-refractivity contribution in [2.45, 2.75) is 13.5 Å². The summed E-state index contributed by atoms with van der Waals surface area (Å²) in [5, 5.41) is 11.9. The van der Waals surface area contributed by atoms with E-state index >= 15 is 0 Å². The van der Waals surface area contributed by atoms with Gasteiger partial charge in [0.2, 0.25) is 0 Å². The number of halogens is 2. The molecule has 9 nitrogen and oxygen atoms in total. The average Bonchev–Trinajstić information content (AvgIpc) is 3.01. The molecule has 1 aromatic carbocycles. The first-order chi connectivity index (χ1) is 13.4. The molecule has 0 radical (unpaired) electrons. The van der Waals surface area contributed by atoms with Crippen LogP contribution < -0.4 is 15.4 Å². The minimum atomic E-state index is -0.737. The molecule has 0 aliphatic heterocycles. The number of hydrogen-bond donors (Lipinski definition) is 3. The van der Waals surface area contributed by atoms with Crippen LogP contribution in [0, 0.1) is 6.92 Å². The van der Waals surface area contributed by atoms with Gasteiger partial charge in [-0.3, -0.25) is 19.9 Å². The Hall–Kier alpha value is -2.98. The van der Waals surface area contributed by atoms with Crippen LogP contribution in [-0.2, 0) is 6.54 Å². The van der Waals surface area contributed by atoms with E-state index in [9.17, 15) is 9.59 Å². The summed E-state index contributed by atoms with van der Waals surface area (Å²) in [7, 11) is 0. The number of amides is 2. The largest absolute Gasteiger partial charge is 0.414 e. The molecule has 0 aliphatic carbocycles. The lowest BCUT2D eigenvalue weighted by Crippen LogP contribution is -2.27. The molecule has 28 heavy (non-hydrogen) atoms. The van der Waals surface area contributed by atoms with Crippen molar-refractivity contribution >= 4 is 45.3 Å². The highest BCUT2D eigenvalue weighted by atomic mass is 79.9. The van der Waals surface area contributed by atoms with E-state index in [1.165, 1.54) is 0 Å². The quantitative estimate of drug-likeness (QED) is 0.530. The van der Waals surface area contributed by atoms with Gasteiger partial charge in [0.1, 0.15) is 10.3 Å². The molecule has 2 heterocycles. The first-order valence-corrected chi connectivity index (χ1v) is 9.14. The van der Waals surface area contributed by atoms with Crippen LogP contribution in [-0.4, -0.2) is 32.2 Å². The lowest BCUT2D eigenvalue weighted by molar-refractivity contribution is 0.102. The highest BCUT2D eigenvalue weighted by molar-refractivity contribution is 9.10. The molecule has 0 fully saturated rings. The van der Waals surface area contributed by atoms with E-state index in [0.717, 1.165) is 5.69 Å². The number of hydrogen-bond acceptors (Lipinski definition) is 6. The number of carbonyl (C=O) groups is 2. The number of rotatable bonds is 5. The minimum absolute atomic E-state index is 0.0399. The van der Waals surface area contributed by atoms with E-state index in [2.05, 4.69) is 46.7 Å². The summed E-state index contributed by atoms with van der Waals surface area (Å²) in [4.78, 5) is 32.5. The van der Waals surface area contributed by atoms with Gasteiger partial charge in [-0.1, -0.05) is 23.7 Å². The molecule has 0 atom stereocenters. The number of nitrogens with one attached hydrogen (secondary N) is 3. The molecule has 0 bridgehead atoms. The van der Waals surface area contributed by atoms with Crippen molar-refractivity contribution in [1.82, 2.24) is 25.5 Å². The SMILES string of the molecule is Cc1cnc(CNC(=O)Oc2n[nH]c(NC(=O)c3ccccc3Cl)c2Br)cn1. The molecule has 11 heteroatoms. The van der Waals surface area contributed by atoms with Crippen molar-refractivity contribution < 1.29 is 14.3 Å². The number of carbonyl (C=O) groups excluding carboxylic acids is 2. The Kier molecular flexibility index (Phi) is 6.22. The van der Waals surface area contributed by atoms with Crippen molar-refractivity contribution in [3.8, 4) is 5.88 Å². The smallest absolute Gasteiger partial charge is 0.388 e. The van der Waals surface area contributed by atoms with E-state index in [-0.39, 0.29) is 22.7 Å². The third-order valence-electron chi connectivity index (χ3n) is 3.47. The van der Waals surface area contributed by atoms with Gasteiger partial charge in [-0.25, -0.2) is 4.79 Å². The first kappa shape index (κ1) is 19.8. The van der Waals surface area contributed by atoms with Gasteiger partial charge in [-0.2, -0.15) is 0 Å². The first-order valence-electron chi connectivity index (χ1n) is 7.97. The van der Waals surface area contributed by atoms with E-state index in [1.807, 2.05) is 6.92 Å². The second-order valence-electron chi connectivity index (χ2n) is 5.54. The fraction of sp³-hybridized carbons (Fsp3) is 0.118. The van der Waals surface area contributed by atoms with Gasteiger partial charge in [0.15, 0.2) is 0 Å². The Bertz CT molecular complexity index is 1010. The molecule has 0 saturated carbocycles. The van der Waals surface area contributed by atoms with E-state index in [4.69, 9.17) is 16.3 Å². The second-order valence-corrected chi connectivity index (χ2v) is 6.74. The third-order valence-corrected chi connectivity index (χ3v) is 4.54. The summed E-state index contributed by atoms with van der Waals surface area (Å²) in [6.45, 7) is 1.96. The van der Waals surface area contributed by atoms with Crippen molar-refractivity contribution in [2.24, 2.45) is 0 Å². The highest BCUT2D eigenvalue weighted by Crippen LogP contribution is 2.30. The van der Waals surface area contributed by atoms with Gasteiger partial charge in [0.25, 0.3) is 11.8 Å². The van der Waals surface area contributed by atoms with Crippen molar-refractivity contribution in [1.29, 1.82) is 0 Å². The van der Waals surface area contributed by atoms with Crippen LogP contribution in [0.2, 0.25) is 5.02 Å². The van der Waals surface area contributed by atoms with E-state index in [0.29, 0.717) is 16.3 Å². The summed E-state index contributed by atoms with van der Waals surface area (Å²) in [6.07, 6.45) is 2.42. The normalized spacial score (nSPS) is 10.4. The highest BCUT2D eigenvalue weighted by Gasteiger charge is 2.18. The van der Waals surface area contributed by atoms with Crippen LogP contribution in [0.4, 0.5) is 10.6 Å². The van der Waals surface area contributed by atoms with Gasteiger partial charge < -0.3 is 15.4 Å². The van der Waals surface area contributed by atoms with E-state index in [1.54, 1.807) is 36.7 Å². The Morgan fingerprint density at radius 3 is 2.75 bits per heavy atom. The Morgan fingerprint density at radius 1 is 1.25 bits per heavy atom. The van der Waals surface area contributed by atoms with Gasteiger partial charge in [0.05, 0.1) is 34.7 Å². The molecule has 0 spiro atoms. The zero-order valence-corrected chi connectivity index (χ0v) is 16.8. The molecule has 0 saturated heterocycles. The summed E-state index contributed by atoms with van der Waals surface area (Å²) in [6, 6.07) is 6.61. The Morgan fingerprint density at radius 2 is 2.04 bits per heavy atom. The lowest BCUT2D eigenvalue weighted by atomic mass is 10.2. The van der Waals surface area contributed by atoms with Crippen molar-refractivity contribution in [3.05, 3.63) is 63.1 Å². The maximum absolute atomic E-state index is 12.3. The van der Waals surface area contributed by atoms with Crippen molar-refractivity contribution in [2.75, 3.05) is 5.32 Å². The fourth-order valence-electron chi connectivity index (χ4n) is 2.09. The molecule has 0 aliphatic rings. The maximum atomic E-state index is 12.3. The summed E-state index contributed by atoms with van der Waals surface area (Å²) < 4.78 is 5.39. The molecule has 3 aromatic rings. The van der Waals surface area contributed by atoms with Crippen molar-refractivity contribution in [3.63, 3.8) is 0 Å². The van der Waals surface area contributed by atoms with Gasteiger partial charge in [-0.15, -0.1) is 5.10 Å². The topological polar surface area (TPSA) is 122 Å². The van der Waals surface area contributed by atoms with E-state index < -0.39 is 12.0 Å². The molecular weight excluding hydrogens is 452 g/mol. The molecule has 0 unspecified atom stereocenters.